The fourth-order valence-electron chi connectivity index (χ4n) is 2.39. The number of carbonyl (C=O) groups excluding carboxylic acids is 1. The van der Waals surface area contributed by atoms with Gasteiger partial charge in [0.2, 0.25) is 0 Å². The van der Waals surface area contributed by atoms with Gasteiger partial charge in [0.05, 0.1) is 0 Å². The molecule has 2 aromatic rings. The van der Waals surface area contributed by atoms with Gasteiger partial charge in [0.25, 0.3) is 0 Å². The fourth-order valence-corrected chi connectivity index (χ4v) is 2.39. The van der Waals surface area contributed by atoms with Crippen molar-refractivity contribution in [2.24, 2.45) is 0 Å². The van der Waals surface area contributed by atoms with Crippen molar-refractivity contribution < 1.29 is 4.79 Å². The minimum atomic E-state index is 0.0512. The van der Waals surface area contributed by atoms with E-state index in [4.69, 9.17) is 0 Å². The Hall–Kier alpha value is -2.29. The summed E-state index contributed by atoms with van der Waals surface area (Å²) in [5.74, 6) is 0.0512. The lowest BCUT2D eigenvalue weighted by molar-refractivity contribution is 0.104. The maximum atomic E-state index is 12.9. The van der Waals surface area contributed by atoms with E-state index in [1.54, 1.807) is 0 Å². The van der Waals surface area contributed by atoms with Crippen LogP contribution in [0.4, 0.5) is 11.4 Å². The van der Waals surface area contributed by atoms with Gasteiger partial charge in [-0.2, -0.15) is 0 Å². The van der Waals surface area contributed by atoms with Gasteiger partial charge in [-0.1, -0.05) is 18.2 Å². The van der Waals surface area contributed by atoms with Gasteiger partial charge in [0.15, 0.2) is 5.78 Å². The zero-order valence-electron chi connectivity index (χ0n) is 13.1. The molecule has 0 aliphatic carbocycles. The second kappa shape index (κ2) is 6.44. The first kappa shape index (κ1) is 15.1. The van der Waals surface area contributed by atoms with Gasteiger partial charge >= 0.3 is 0 Å². The molecule has 2 aromatic carbocycles. The minimum Gasteiger partial charge on any atom is -0.385 e. The Balaban J connectivity index is 2.50. The molecule has 0 amide bonds. The van der Waals surface area contributed by atoms with Crippen LogP contribution in [0.1, 0.15) is 28.4 Å². The third kappa shape index (κ3) is 3.24. The summed E-state index contributed by atoms with van der Waals surface area (Å²) >= 11 is 0. The average Bonchev–Trinajstić information content (AvgIpc) is 2.47. The monoisotopic (exact) mass is 282 g/mol. The van der Waals surface area contributed by atoms with Crippen LogP contribution >= 0.6 is 0 Å². The summed E-state index contributed by atoms with van der Waals surface area (Å²) in [6.45, 7) is 4.85. The largest absolute Gasteiger partial charge is 0.385 e. The number of benzene rings is 2. The van der Waals surface area contributed by atoms with E-state index in [-0.39, 0.29) is 5.78 Å². The Bertz CT molecular complexity index is 647. The minimum absolute atomic E-state index is 0.0512. The Labute approximate surface area is 126 Å². The number of anilines is 2. The van der Waals surface area contributed by atoms with Gasteiger partial charge in [-0.25, -0.2) is 0 Å². The number of carbonyl (C=O) groups is 1. The van der Waals surface area contributed by atoms with E-state index in [0.717, 1.165) is 34.6 Å². The summed E-state index contributed by atoms with van der Waals surface area (Å²) in [6.07, 6.45) is 0. The summed E-state index contributed by atoms with van der Waals surface area (Å²) in [6, 6.07) is 13.6. The van der Waals surface area contributed by atoms with Gasteiger partial charge in [-0.05, 0) is 43.7 Å². The Morgan fingerprint density at radius 1 is 1.10 bits per heavy atom. The molecule has 0 aromatic heterocycles. The topological polar surface area (TPSA) is 32.3 Å². The summed E-state index contributed by atoms with van der Waals surface area (Å²) in [5, 5.41) is 3.28. The molecule has 0 heterocycles. The molecule has 0 saturated heterocycles. The zero-order chi connectivity index (χ0) is 15.4. The number of hydrogen-bond acceptors (Lipinski definition) is 3. The third-order valence-electron chi connectivity index (χ3n) is 3.42. The van der Waals surface area contributed by atoms with E-state index in [1.165, 1.54) is 0 Å². The van der Waals surface area contributed by atoms with Crippen molar-refractivity contribution in [1.29, 1.82) is 0 Å². The molecule has 0 aliphatic heterocycles. The maximum absolute atomic E-state index is 12.9. The van der Waals surface area contributed by atoms with Gasteiger partial charge in [0, 0.05) is 43.1 Å². The van der Waals surface area contributed by atoms with E-state index >= 15 is 0 Å². The highest BCUT2D eigenvalue weighted by Crippen LogP contribution is 2.26. The zero-order valence-corrected chi connectivity index (χ0v) is 13.1. The molecule has 0 aliphatic rings. The predicted molar refractivity (Wildman–Crippen MR) is 89.5 cm³/mol. The third-order valence-corrected chi connectivity index (χ3v) is 3.42. The number of rotatable bonds is 5. The van der Waals surface area contributed by atoms with Crippen molar-refractivity contribution in [3.05, 3.63) is 59.2 Å². The number of para-hydroxylation sites is 1. The van der Waals surface area contributed by atoms with Crippen LogP contribution in [0.5, 0.6) is 0 Å². The van der Waals surface area contributed by atoms with Crippen molar-refractivity contribution in [2.75, 3.05) is 30.9 Å². The molecule has 3 heteroatoms. The standard InChI is InChI=1S/C18H22N2O/c1-5-19-16-12-13(2)10-11-14(16)18(21)15-8-6-7-9-17(15)20(3)4/h6-12,19H,5H2,1-4H3. The highest BCUT2D eigenvalue weighted by Gasteiger charge is 2.17. The molecule has 0 saturated carbocycles. The van der Waals surface area contributed by atoms with Crippen LogP contribution in [-0.2, 0) is 0 Å². The summed E-state index contributed by atoms with van der Waals surface area (Å²) in [5.41, 5.74) is 4.42. The first-order valence-electron chi connectivity index (χ1n) is 7.20. The molecule has 0 atom stereocenters. The van der Waals surface area contributed by atoms with Gasteiger partial charge in [0.1, 0.15) is 0 Å². The van der Waals surface area contributed by atoms with E-state index < -0.39 is 0 Å². The number of hydrogen-bond donors (Lipinski definition) is 1. The highest BCUT2D eigenvalue weighted by atomic mass is 16.1. The van der Waals surface area contributed by atoms with E-state index in [2.05, 4.69) is 5.32 Å². The fraction of sp³-hybridized carbons (Fsp3) is 0.278. The molecule has 1 N–H and O–H groups in total. The van der Waals surface area contributed by atoms with Crippen molar-refractivity contribution in [3.63, 3.8) is 0 Å². The van der Waals surface area contributed by atoms with E-state index in [1.807, 2.05) is 75.3 Å². The molecule has 0 bridgehead atoms. The predicted octanol–water partition coefficient (Wildman–Crippen LogP) is 3.72. The van der Waals surface area contributed by atoms with Crippen LogP contribution in [0.15, 0.2) is 42.5 Å². The number of nitrogens with zero attached hydrogens (tertiary/aromatic N) is 1. The van der Waals surface area contributed by atoms with Crippen LogP contribution in [0, 0.1) is 6.92 Å². The van der Waals surface area contributed by atoms with Crippen molar-refractivity contribution in [2.45, 2.75) is 13.8 Å². The van der Waals surface area contributed by atoms with Gasteiger partial charge < -0.3 is 10.2 Å². The Morgan fingerprint density at radius 3 is 2.48 bits per heavy atom. The summed E-state index contributed by atoms with van der Waals surface area (Å²) in [7, 11) is 3.90. The number of ketones is 1. The molecule has 0 unspecified atom stereocenters. The van der Waals surface area contributed by atoms with Crippen LogP contribution in [0.2, 0.25) is 0 Å². The lowest BCUT2D eigenvalue weighted by Crippen LogP contribution is -2.15. The van der Waals surface area contributed by atoms with Crippen LogP contribution in [0.25, 0.3) is 0 Å². The molecule has 3 nitrogen and oxygen atoms in total. The molecular formula is C18H22N2O. The molecular weight excluding hydrogens is 260 g/mol. The highest BCUT2D eigenvalue weighted by molar-refractivity contribution is 6.15. The van der Waals surface area contributed by atoms with Crippen LogP contribution in [-0.4, -0.2) is 26.4 Å². The number of aryl methyl sites for hydroxylation is 1. The van der Waals surface area contributed by atoms with Crippen molar-refractivity contribution >= 4 is 17.2 Å². The average molecular weight is 282 g/mol. The first-order chi connectivity index (χ1) is 10.0. The molecule has 0 fully saturated rings. The quantitative estimate of drug-likeness (QED) is 0.848. The molecule has 110 valence electrons. The van der Waals surface area contributed by atoms with Crippen molar-refractivity contribution in [3.8, 4) is 0 Å². The summed E-state index contributed by atoms with van der Waals surface area (Å²) in [4.78, 5) is 14.9. The summed E-state index contributed by atoms with van der Waals surface area (Å²) < 4.78 is 0. The maximum Gasteiger partial charge on any atom is 0.197 e. The SMILES string of the molecule is CCNc1cc(C)ccc1C(=O)c1ccccc1N(C)C. The molecule has 0 radical (unpaired) electrons. The molecule has 0 spiro atoms. The van der Waals surface area contributed by atoms with Crippen molar-refractivity contribution in [1.82, 2.24) is 0 Å². The van der Waals surface area contributed by atoms with E-state index in [0.29, 0.717) is 0 Å². The lowest BCUT2D eigenvalue weighted by Gasteiger charge is -2.18. The second-order valence-electron chi connectivity index (χ2n) is 5.32. The number of nitrogens with one attached hydrogen (secondary N) is 1. The molecule has 2 rings (SSSR count). The smallest absolute Gasteiger partial charge is 0.197 e. The Morgan fingerprint density at radius 2 is 1.81 bits per heavy atom. The van der Waals surface area contributed by atoms with Crippen LogP contribution < -0.4 is 10.2 Å². The second-order valence-corrected chi connectivity index (χ2v) is 5.32. The first-order valence-corrected chi connectivity index (χ1v) is 7.20. The van der Waals surface area contributed by atoms with Crippen LogP contribution in [0.3, 0.4) is 0 Å². The van der Waals surface area contributed by atoms with E-state index in [9.17, 15) is 4.79 Å². The van der Waals surface area contributed by atoms with Gasteiger partial charge in [-0.3, -0.25) is 4.79 Å². The molecule has 21 heavy (non-hydrogen) atoms. The lowest BCUT2D eigenvalue weighted by atomic mass is 9.98. The van der Waals surface area contributed by atoms with Gasteiger partial charge in [-0.15, -0.1) is 0 Å². The normalized spacial score (nSPS) is 10.3. The Kier molecular flexibility index (Phi) is 4.63.